The molecule has 1 aromatic heterocycles. The molecule has 0 unspecified atom stereocenters. The van der Waals surface area contributed by atoms with Gasteiger partial charge >= 0.3 is 0 Å². The third kappa shape index (κ3) is 4.01. The Kier molecular flexibility index (Phi) is 5.12. The fraction of sp³-hybridized carbons (Fsp3) is 0.353. The molecule has 0 spiro atoms. The SMILES string of the molecule is CSCc1ccc(C(=O)NCc2ccc3c(c2)OCCCO3)o1. The Morgan fingerprint density at radius 3 is 2.83 bits per heavy atom. The van der Waals surface area contributed by atoms with Gasteiger partial charge in [-0.1, -0.05) is 6.07 Å². The molecule has 23 heavy (non-hydrogen) atoms. The van der Waals surface area contributed by atoms with Gasteiger partial charge in [-0.15, -0.1) is 0 Å². The van der Waals surface area contributed by atoms with Crippen LogP contribution in [-0.4, -0.2) is 25.4 Å². The Morgan fingerprint density at radius 2 is 2.00 bits per heavy atom. The summed E-state index contributed by atoms with van der Waals surface area (Å²) in [5.41, 5.74) is 0.957. The summed E-state index contributed by atoms with van der Waals surface area (Å²) in [7, 11) is 0. The van der Waals surface area contributed by atoms with Crippen LogP contribution in [0.15, 0.2) is 34.7 Å². The summed E-state index contributed by atoms with van der Waals surface area (Å²) >= 11 is 1.65. The van der Waals surface area contributed by atoms with Crippen molar-refractivity contribution in [1.29, 1.82) is 0 Å². The van der Waals surface area contributed by atoms with E-state index in [0.29, 0.717) is 25.5 Å². The minimum atomic E-state index is -0.218. The third-order valence-electron chi connectivity index (χ3n) is 3.44. The number of hydrogen-bond donors (Lipinski definition) is 1. The lowest BCUT2D eigenvalue weighted by atomic mass is 10.2. The van der Waals surface area contributed by atoms with E-state index >= 15 is 0 Å². The molecule has 1 aromatic carbocycles. The molecule has 2 heterocycles. The zero-order valence-corrected chi connectivity index (χ0v) is 13.8. The summed E-state index contributed by atoms with van der Waals surface area (Å²) in [5.74, 6) is 3.17. The van der Waals surface area contributed by atoms with Crippen molar-refractivity contribution in [3.05, 3.63) is 47.4 Å². The highest BCUT2D eigenvalue weighted by molar-refractivity contribution is 7.97. The van der Waals surface area contributed by atoms with E-state index in [2.05, 4.69) is 5.32 Å². The van der Waals surface area contributed by atoms with Crippen molar-refractivity contribution in [2.24, 2.45) is 0 Å². The molecular formula is C17H19NO4S. The van der Waals surface area contributed by atoms with Gasteiger partial charge in [0.05, 0.1) is 19.0 Å². The van der Waals surface area contributed by atoms with Crippen LogP contribution in [0.5, 0.6) is 11.5 Å². The van der Waals surface area contributed by atoms with Crippen molar-refractivity contribution in [3.8, 4) is 11.5 Å². The molecule has 5 nitrogen and oxygen atoms in total. The van der Waals surface area contributed by atoms with Crippen LogP contribution in [-0.2, 0) is 12.3 Å². The summed E-state index contributed by atoms with van der Waals surface area (Å²) in [5, 5.41) is 2.86. The second kappa shape index (κ2) is 7.46. The van der Waals surface area contributed by atoms with Crippen LogP contribution in [0.1, 0.15) is 28.3 Å². The molecule has 1 aliphatic heterocycles. The number of fused-ring (bicyclic) bond motifs is 1. The predicted molar refractivity (Wildman–Crippen MR) is 89.1 cm³/mol. The Bertz CT molecular complexity index is 683. The summed E-state index contributed by atoms with van der Waals surface area (Å²) < 4.78 is 16.8. The second-order valence-corrected chi connectivity index (χ2v) is 6.08. The number of furan rings is 1. The van der Waals surface area contributed by atoms with E-state index in [1.807, 2.05) is 30.5 Å². The monoisotopic (exact) mass is 333 g/mol. The molecule has 0 atom stereocenters. The Hall–Kier alpha value is -2.08. The Labute approximate surface area is 139 Å². The molecule has 0 saturated heterocycles. The molecule has 1 amide bonds. The minimum Gasteiger partial charge on any atom is -0.490 e. The first-order valence-electron chi connectivity index (χ1n) is 7.50. The van der Waals surface area contributed by atoms with Crippen LogP contribution < -0.4 is 14.8 Å². The molecule has 6 heteroatoms. The van der Waals surface area contributed by atoms with E-state index in [-0.39, 0.29) is 5.91 Å². The van der Waals surface area contributed by atoms with Crippen LogP contribution >= 0.6 is 11.8 Å². The van der Waals surface area contributed by atoms with E-state index < -0.39 is 0 Å². The average molecular weight is 333 g/mol. The Morgan fingerprint density at radius 1 is 1.17 bits per heavy atom. The van der Waals surface area contributed by atoms with Crippen molar-refractivity contribution in [2.75, 3.05) is 19.5 Å². The highest BCUT2D eigenvalue weighted by atomic mass is 32.2. The maximum absolute atomic E-state index is 12.1. The molecular weight excluding hydrogens is 314 g/mol. The summed E-state index contributed by atoms with van der Waals surface area (Å²) in [4.78, 5) is 12.1. The van der Waals surface area contributed by atoms with Gasteiger partial charge in [0.15, 0.2) is 17.3 Å². The first-order chi connectivity index (χ1) is 11.3. The molecule has 1 N–H and O–H groups in total. The number of rotatable bonds is 5. The van der Waals surface area contributed by atoms with Crippen molar-refractivity contribution in [2.45, 2.75) is 18.7 Å². The highest BCUT2D eigenvalue weighted by Crippen LogP contribution is 2.30. The van der Waals surface area contributed by atoms with E-state index in [0.717, 1.165) is 35.0 Å². The molecule has 2 aromatic rings. The minimum absolute atomic E-state index is 0.218. The zero-order chi connectivity index (χ0) is 16.1. The van der Waals surface area contributed by atoms with Crippen molar-refractivity contribution in [1.82, 2.24) is 5.32 Å². The van der Waals surface area contributed by atoms with E-state index in [9.17, 15) is 4.79 Å². The van der Waals surface area contributed by atoms with Gasteiger partial charge in [-0.05, 0) is 36.1 Å². The number of thioether (sulfide) groups is 1. The summed E-state index contributed by atoms with van der Waals surface area (Å²) in [6, 6.07) is 9.25. The quantitative estimate of drug-likeness (QED) is 0.910. The van der Waals surface area contributed by atoms with E-state index in [1.165, 1.54) is 0 Å². The number of nitrogens with one attached hydrogen (secondary N) is 1. The predicted octanol–water partition coefficient (Wildman–Crippen LogP) is 3.23. The van der Waals surface area contributed by atoms with Crippen molar-refractivity contribution in [3.63, 3.8) is 0 Å². The molecule has 1 aliphatic rings. The lowest BCUT2D eigenvalue weighted by Gasteiger charge is -2.09. The number of benzene rings is 1. The molecule has 0 fully saturated rings. The van der Waals surface area contributed by atoms with Gasteiger partial charge in [-0.2, -0.15) is 11.8 Å². The van der Waals surface area contributed by atoms with Crippen LogP contribution in [0.25, 0.3) is 0 Å². The highest BCUT2D eigenvalue weighted by Gasteiger charge is 2.13. The maximum atomic E-state index is 12.1. The fourth-order valence-electron chi connectivity index (χ4n) is 2.31. The van der Waals surface area contributed by atoms with Crippen LogP contribution in [0.2, 0.25) is 0 Å². The van der Waals surface area contributed by atoms with Crippen molar-refractivity contribution < 1.29 is 18.7 Å². The average Bonchev–Trinajstić information content (AvgIpc) is 2.90. The summed E-state index contributed by atoms with van der Waals surface area (Å²) in [6.45, 7) is 1.72. The topological polar surface area (TPSA) is 60.7 Å². The molecule has 0 radical (unpaired) electrons. The number of hydrogen-bond acceptors (Lipinski definition) is 5. The maximum Gasteiger partial charge on any atom is 0.287 e. The first kappa shape index (κ1) is 15.8. The molecule has 122 valence electrons. The lowest BCUT2D eigenvalue weighted by molar-refractivity contribution is 0.0921. The molecule has 0 saturated carbocycles. The largest absolute Gasteiger partial charge is 0.490 e. The normalized spacial score (nSPS) is 13.4. The van der Waals surface area contributed by atoms with Crippen LogP contribution in [0, 0.1) is 0 Å². The third-order valence-corrected chi connectivity index (χ3v) is 4.01. The van der Waals surface area contributed by atoms with Gasteiger partial charge in [0.2, 0.25) is 0 Å². The number of ether oxygens (including phenoxy) is 2. The van der Waals surface area contributed by atoms with Gasteiger partial charge in [-0.25, -0.2) is 0 Å². The van der Waals surface area contributed by atoms with Crippen molar-refractivity contribution >= 4 is 17.7 Å². The Balaban J connectivity index is 1.61. The standard InChI is InChI=1S/C17H19NO4S/c1-23-11-13-4-6-15(22-13)17(19)18-10-12-3-5-14-16(9-12)21-8-2-7-20-14/h3-6,9H,2,7-8,10-11H2,1H3,(H,18,19). The van der Waals surface area contributed by atoms with Gasteiger partial charge in [0.1, 0.15) is 5.76 Å². The molecule has 0 aliphatic carbocycles. The molecule has 0 bridgehead atoms. The van der Waals surface area contributed by atoms with Crippen LogP contribution in [0.3, 0.4) is 0 Å². The van der Waals surface area contributed by atoms with Gasteiger partial charge in [0, 0.05) is 13.0 Å². The van der Waals surface area contributed by atoms with E-state index in [1.54, 1.807) is 17.8 Å². The first-order valence-corrected chi connectivity index (χ1v) is 8.90. The number of amides is 1. The van der Waals surface area contributed by atoms with Gasteiger partial charge in [-0.3, -0.25) is 4.79 Å². The van der Waals surface area contributed by atoms with E-state index in [4.69, 9.17) is 13.9 Å². The molecule has 3 rings (SSSR count). The zero-order valence-electron chi connectivity index (χ0n) is 13.0. The van der Waals surface area contributed by atoms with Gasteiger partial charge < -0.3 is 19.2 Å². The second-order valence-electron chi connectivity index (χ2n) is 5.21. The van der Waals surface area contributed by atoms with Crippen LogP contribution in [0.4, 0.5) is 0 Å². The summed E-state index contributed by atoms with van der Waals surface area (Å²) in [6.07, 6.45) is 2.87. The fourth-order valence-corrected chi connectivity index (χ4v) is 2.75. The number of carbonyl (C=O) groups is 1. The number of carbonyl (C=O) groups excluding carboxylic acids is 1. The lowest BCUT2D eigenvalue weighted by Crippen LogP contribution is -2.22. The smallest absolute Gasteiger partial charge is 0.287 e. The van der Waals surface area contributed by atoms with Gasteiger partial charge in [0.25, 0.3) is 5.91 Å².